The van der Waals surface area contributed by atoms with E-state index < -0.39 is 0 Å². The maximum Gasteiger partial charge on any atom is 0.0679 e. The predicted molar refractivity (Wildman–Crippen MR) is 78.4 cm³/mol. The largest absolute Gasteiger partial charge is 0.309 e. The van der Waals surface area contributed by atoms with Crippen molar-refractivity contribution >= 4 is 22.7 Å². The molecule has 2 aromatic rings. The SMILES string of the molecule is CCc1ccc(C(NC)c2cc(C)sc2C)s1. The molecular weight excluding hydrogens is 246 g/mol. The summed E-state index contributed by atoms with van der Waals surface area (Å²) in [6.07, 6.45) is 1.13. The first-order chi connectivity index (χ1) is 8.15. The fourth-order valence-electron chi connectivity index (χ4n) is 2.13. The smallest absolute Gasteiger partial charge is 0.0679 e. The van der Waals surface area contributed by atoms with Crippen LogP contribution in [0.25, 0.3) is 0 Å². The van der Waals surface area contributed by atoms with Gasteiger partial charge in [0.1, 0.15) is 0 Å². The molecule has 2 aromatic heterocycles. The molecule has 17 heavy (non-hydrogen) atoms. The summed E-state index contributed by atoms with van der Waals surface area (Å²) in [5.41, 5.74) is 1.43. The fourth-order valence-corrected chi connectivity index (χ4v) is 4.17. The van der Waals surface area contributed by atoms with Crippen LogP contribution >= 0.6 is 22.7 Å². The van der Waals surface area contributed by atoms with Gasteiger partial charge in [-0.3, -0.25) is 0 Å². The molecule has 0 fully saturated rings. The minimum absolute atomic E-state index is 0.352. The van der Waals surface area contributed by atoms with Gasteiger partial charge in [0.2, 0.25) is 0 Å². The number of nitrogens with one attached hydrogen (secondary N) is 1. The van der Waals surface area contributed by atoms with Crippen LogP contribution in [0.3, 0.4) is 0 Å². The van der Waals surface area contributed by atoms with Crippen molar-refractivity contribution in [3.63, 3.8) is 0 Å². The quantitative estimate of drug-likeness (QED) is 0.869. The zero-order valence-electron chi connectivity index (χ0n) is 10.8. The zero-order chi connectivity index (χ0) is 12.4. The minimum Gasteiger partial charge on any atom is -0.309 e. The molecule has 92 valence electrons. The van der Waals surface area contributed by atoms with Crippen LogP contribution in [0.5, 0.6) is 0 Å². The highest BCUT2D eigenvalue weighted by molar-refractivity contribution is 7.12. The molecule has 0 aliphatic rings. The molecule has 2 rings (SSSR count). The summed E-state index contributed by atoms with van der Waals surface area (Å²) in [6.45, 7) is 6.61. The van der Waals surface area contributed by atoms with Gasteiger partial charge in [-0.05, 0) is 51.1 Å². The predicted octanol–water partition coefficient (Wildman–Crippen LogP) is 4.30. The standard InChI is InChI=1S/C14H19NS2/c1-5-11-6-7-13(17-11)14(15-4)12-8-9(2)16-10(12)3/h6-8,14-15H,5H2,1-4H3. The average molecular weight is 265 g/mol. The van der Waals surface area contributed by atoms with E-state index in [9.17, 15) is 0 Å². The van der Waals surface area contributed by atoms with E-state index >= 15 is 0 Å². The van der Waals surface area contributed by atoms with E-state index in [4.69, 9.17) is 0 Å². The molecule has 2 heterocycles. The Morgan fingerprint density at radius 2 is 2.00 bits per heavy atom. The highest BCUT2D eigenvalue weighted by Crippen LogP contribution is 2.33. The third-order valence-corrected chi connectivity index (χ3v) is 5.27. The van der Waals surface area contributed by atoms with Gasteiger partial charge in [-0.25, -0.2) is 0 Å². The second-order valence-electron chi connectivity index (χ2n) is 4.25. The Morgan fingerprint density at radius 3 is 2.47 bits per heavy atom. The monoisotopic (exact) mass is 265 g/mol. The fraction of sp³-hybridized carbons (Fsp3) is 0.429. The van der Waals surface area contributed by atoms with Crippen molar-refractivity contribution in [1.82, 2.24) is 5.32 Å². The average Bonchev–Trinajstić information content (AvgIpc) is 2.88. The first-order valence-electron chi connectivity index (χ1n) is 5.98. The third kappa shape index (κ3) is 2.62. The van der Waals surface area contributed by atoms with Crippen LogP contribution < -0.4 is 5.32 Å². The Hall–Kier alpha value is -0.640. The van der Waals surface area contributed by atoms with E-state index in [-0.39, 0.29) is 0 Å². The summed E-state index contributed by atoms with van der Waals surface area (Å²) in [5, 5.41) is 3.44. The summed E-state index contributed by atoms with van der Waals surface area (Å²) < 4.78 is 0. The lowest BCUT2D eigenvalue weighted by Crippen LogP contribution is -2.16. The van der Waals surface area contributed by atoms with Gasteiger partial charge in [0.05, 0.1) is 6.04 Å². The topological polar surface area (TPSA) is 12.0 Å². The summed E-state index contributed by atoms with van der Waals surface area (Å²) in [7, 11) is 2.04. The molecule has 1 atom stereocenters. The molecule has 3 heteroatoms. The van der Waals surface area contributed by atoms with Crippen molar-refractivity contribution in [1.29, 1.82) is 0 Å². The lowest BCUT2D eigenvalue weighted by Gasteiger charge is -2.14. The van der Waals surface area contributed by atoms with Crippen molar-refractivity contribution in [2.45, 2.75) is 33.2 Å². The van der Waals surface area contributed by atoms with Crippen molar-refractivity contribution in [2.24, 2.45) is 0 Å². The van der Waals surface area contributed by atoms with Crippen molar-refractivity contribution in [3.05, 3.63) is 43.3 Å². The molecule has 0 aliphatic carbocycles. The normalized spacial score (nSPS) is 12.9. The zero-order valence-corrected chi connectivity index (χ0v) is 12.5. The van der Waals surface area contributed by atoms with E-state index in [1.807, 2.05) is 29.7 Å². The molecule has 0 saturated carbocycles. The number of rotatable bonds is 4. The molecule has 1 nitrogen and oxygen atoms in total. The Labute approximate surface area is 112 Å². The molecule has 0 spiro atoms. The Bertz CT molecular complexity index is 496. The van der Waals surface area contributed by atoms with Crippen LogP contribution in [-0.4, -0.2) is 7.05 Å². The number of thiophene rings is 2. The lowest BCUT2D eigenvalue weighted by atomic mass is 10.1. The van der Waals surface area contributed by atoms with E-state index in [2.05, 4.69) is 44.3 Å². The number of hydrogen-bond acceptors (Lipinski definition) is 3. The van der Waals surface area contributed by atoms with Gasteiger partial charge in [0.25, 0.3) is 0 Å². The Kier molecular flexibility index (Phi) is 4.02. The summed E-state index contributed by atoms with van der Waals surface area (Å²) >= 11 is 3.81. The third-order valence-electron chi connectivity index (χ3n) is 2.99. The van der Waals surface area contributed by atoms with Crippen LogP contribution in [0.2, 0.25) is 0 Å². The van der Waals surface area contributed by atoms with E-state index in [1.165, 1.54) is 25.1 Å². The summed E-state index contributed by atoms with van der Waals surface area (Å²) in [6, 6.07) is 7.17. The van der Waals surface area contributed by atoms with Crippen molar-refractivity contribution < 1.29 is 0 Å². The van der Waals surface area contributed by atoms with E-state index in [0.717, 1.165) is 6.42 Å². The minimum atomic E-state index is 0.352. The second kappa shape index (κ2) is 5.34. The summed E-state index contributed by atoms with van der Waals surface area (Å²) in [4.78, 5) is 5.70. The molecule has 0 amide bonds. The second-order valence-corrected chi connectivity index (χ2v) is 6.91. The van der Waals surface area contributed by atoms with Gasteiger partial charge in [0.15, 0.2) is 0 Å². The number of hydrogen-bond donors (Lipinski definition) is 1. The maximum atomic E-state index is 3.44. The summed E-state index contributed by atoms with van der Waals surface area (Å²) in [5.74, 6) is 0. The van der Waals surface area contributed by atoms with Crippen LogP contribution in [-0.2, 0) is 6.42 Å². The highest BCUT2D eigenvalue weighted by atomic mass is 32.1. The Balaban J connectivity index is 2.36. The van der Waals surface area contributed by atoms with Crippen molar-refractivity contribution in [2.75, 3.05) is 7.05 Å². The van der Waals surface area contributed by atoms with Gasteiger partial charge in [-0.15, -0.1) is 22.7 Å². The van der Waals surface area contributed by atoms with Crippen LogP contribution in [0.4, 0.5) is 0 Å². The van der Waals surface area contributed by atoms with Gasteiger partial charge >= 0.3 is 0 Å². The first-order valence-corrected chi connectivity index (χ1v) is 7.61. The first kappa shape index (κ1) is 12.8. The molecule has 0 bridgehead atoms. The molecule has 1 unspecified atom stereocenters. The molecular formula is C14H19NS2. The molecule has 0 radical (unpaired) electrons. The van der Waals surface area contributed by atoms with Gasteiger partial charge < -0.3 is 5.32 Å². The van der Waals surface area contributed by atoms with Crippen LogP contribution in [0.15, 0.2) is 18.2 Å². The molecule has 0 aliphatic heterocycles. The molecule has 0 saturated heterocycles. The van der Waals surface area contributed by atoms with Crippen molar-refractivity contribution in [3.8, 4) is 0 Å². The van der Waals surface area contributed by atoms with Gasteiger partial charge in [-0.1, -0.05) is 6.92 Å². The lowest BCUT2D eigenvalue weighted by molar-refractivity contribution is 0.702. The molecule has 1 N–H and O–H groups in total. The van der Waals surface area contributed by atoms with E-state index in [1.54, 1.807) is 0 Å². The van der Waals surface area contributed by atoms with Gasteiger partial charge in [0, 0.05) is 19.5 Å². The highest BCUT2D eigenvalue weighted by Gasteiger charge is 2.17. The van der Waals surface area contributed by atoms with Gasteiger partial charge in [-0.2, -0.15) is 0 Å². The van der Waals surface area contributed by atoms with Crippen LogP contribution in [0.1, 0.15) is 38.0 Å². The number of aryl methyl sites for hydroxylation is 3. The Morgan fingerprint density at radius 1 is 1.24 bits per heavy atom. The molecule has 0 aromatic carbocycles. The van der Waals surface area contributed by atoms with E-state index in [0.29, 0.717) is 6.04 Å². The van der Waals surface area contributed by atoms with Crippen LogP contribution in [0, 0.1) is 13.8 Å². The maximum absolute atomic E-state index is 3.44.